The van der Waals surface area contributed by atoms with E-state index in [2.05, 4.69) is 10.9 Å². The maximum atomic E-state index is 11.6. The van der Waals surface area contributed by atoms with Crippen molar-refractivity contribution in [2.24, 2.45) is 5.92 Å². The second-order valence-corrected chi connectivity index (χ2v) is 5.08. The molecule has 0 aromatic heterocycles. The molecule has 0 atom stereocenters. The third-order valence-electron chi connectivity index (χ3n) is 3.38. The number of hydrazine groups is 1. The quantitative estimate of drug-likeness (QED) is 0.841. The summed E-state index contributed by atoms with van der Waals surface area (Å²) in [5, 5.41) is 2.01. The van der Waals surface area contributed by atoms with Gasteiger partial charge in [0, 0.05) is 11.3 Å². The van der Waals surface area contributed by atoms with Crippen LogP contribution in [0.15, 0.2) is 42.5 Å². The van der Waals surface area contributed by atoms with E-state index in [4.69, 9.17) is 4.74 Å². The first kappa shape index (κ1) is 13.4. The molecular weight excluding hydrogens is 268 g/mol. The van der Waals surface area contributed by atoms with Gasteiger partial charge in [-0.1, -0.05) is 36.4 Å². The van der Waals surface area contributed by atoms with Gasteiger partial charge in [0.15, 0.2) is 6.61 Å². The summed E-state index contributed by atoms with van der Waals surface area (Å²) in [6.07, 6.45) is 1.79. The van der Waals surface area contributed by atoms with E-state index in [0.29, 0.717) is 5.75 Å². The average molecular weight is 284 g/mol. The van der Waals surface area contributed by atoms with Crippen LogP contribution in [0.5, 0.6) is 5.75 Å². The number of amides is 2. The molecule has 21 heavy (non-hydrogen) atoms. The summed E-state index contributed by atoms with van der Waals surface area (Å²) >= 11 is 0. The molecule has 0 heterocycles. The minimum Gasteiger partial charge on any atom is -0.483 e. The fourth-order valence-corrected chi connectivity index (χ4v) is 2.08. The van der Waals surface area contributed by atoms with Gasteiger partial charge in [-0.3, -0.25) is 20.4 Å². The summed E-state index contributed by atoms with van der Waals surface area (Å²) in [5.74, 6) is 0.200. The van der Waals surface area contributed by atoms with Crippen LogP contribution in [0.1, 0.15) is 12.8 Å². The third-order valence-corrected chi connectivity index (χ3v) is 3.38. The first-order chi connectivity index (χ1) is 10.2. The molecule has 1 aliphatic rings. The highest BCUT2D eigenvalue weighted by molar-refractivity contribution is 5.89. The molecule has 0 unspecified atom stereocenters. The second kappa shape index (κ2) is 5.83. The Labute approximate surface area is 122 Å². The number of ether oxygens (including phenoxy) is 1. The standard InChI is InChI=1S/C16H16N2O3/c19-15(17-18-16(20)12-8-9-12)10-21-14-7-3-5-11-4-1-2-6-13(11)14/h1-7,12H,8-10H2,(H,17,19)(H,18,20). The van der Waals surface area contributed by atoms with Crippen molar-refractivity contribution in [1.82, 2.24) is 10.9 Å². The summed E-state index contributed by atoms with van der Waals surface area (Å²) in [6, 6.07) is 13.5. The van der Waals surface area contributed by atoms with E-state index in [1.807, 2.05) is 42.5 Å². The van der Waals surface area contributed by atoms with E-state index in [0.717, 1.165) is 23.6 Å². The maximum Gasteiger partial charge on any atom is 0.276 e. The number of nitrogens with one attached hydrogen (secondary N) is 2. The van der Waals surface area contributed by atoms with Crippen LogP contribution in [0.4, 0.5) is 0 Å². The molecule has 108 valence electrons. The number of carbonyl (C=O) groups is 2. The van der Waals surface area contributed by atoms with Gasteiger partial charge in [0.2, 0.25) is 5.91 Å². The molecular formula is C16H16N2O3. The van der Waals surface area contributed by atoms with Crippen LogP contribution in [0.25, 0.3) is 10.8 Å². The minimum atomic E-state index is -0.378. The lowest BCUT2D eigenvalue weighted by Crippen LogP contribution is -2.44. The Bertz CT molecular complexity index is 675. The van der Waals surface area contributed by atoms with Crippen molar-refractivity contribution in [3.05, 3.63) is 42.5 Å². The fraction of sp³-hybridized carbons (Fsp3) is 0.250. The summed E-state index contributed by atoms with van der Waals surface area (Å²) in [5.41, 5.74) is 4.76. The van der Waals surface area contributed by atoms with Gasteiger partial charge in [-0.25, -0.2) is 0 Å². The molecule has 1 saturated carbocycles. The lowest BCUT2D eigenvalue weighted by Gasteiger charge is -2.10. The van der Waals surface area contributed by atoms with Crippen LogP contribution in [-0.4, -0.2) is 18.4 Å². The first-order valence-corrected chi connectivity index (χ1v) is 6.93. The smallest absolute Gasteiger partial charge is 0.276 e. The summed E-state index contributed by atoms with van der Waals surface area (Å²) in [7, 11) is 0. The zero-order valence-corrected chi connectivity index (χ0v) is 11.5. The largest absolute Gasteiger partial charge is 0.483 e. The van der Waals surface area contributed by atoms with Gasteiger partial charge in [-0.15, -0.1) is 0 Å². The predicted octanol–water partition coefficient (Wildman–Crippen LogP) is 1.78. The molecule has 2 N–H and O–H groups in total. The van der Waals surface area contributed by atoms with Gasteiger partial charge >= 0.3 is 0 Å². The molecule has 0 radical (unpaired) electrons. The number of fused-ring (bicyclic) bond motifs is 1. The number of carbonyl (C=O) groups excluding carboxylic acids is 2. The van der Waals surface area contributed by atoms with E-state index in [1.165, 1.54) is 0 Å². The Morgan fingerprint density at radius 1 is 1.05 bits per heavy atom. The van der Waals surface area contributed by atoms with Crippen LogP contribution in [-0.2, 0) is 9.59 Å². The molecule has 0 saturated heterocycles. The van der Waals surface area contributed by atoms with Gasteiger partial charge in [-0.05, 0) is 24.3 Å². The van der Waals surface area contributed by atoms with E-state index >= 15 is 0 Å². The zero-order valence-electron chi connectivity index (χ0n) is 11.5. The molecule has 2 aromatic carbocycles. The van der Waals surface area contributed by atoms with Gasteiger partial charge in [0.25, 0.3) is 5.91 Å². The molecule has 1 aliphatic carbocycles. The van der Waals surface area contributed by atoms with Crippen LogP contribution in [0.3, 0.4) is 0 Å². The van der Waals surface area contributed by atoms with Crippen molar-refractivity contribution in [2.45, 2.75) is 12.8 Å². The highest BCUT2D eigenvalue weighted by Gasteiger charge is 2.29. The molecule has 2 amide bonds. The van der Waals surface area contributed by atoms with Gasteiger partial charge in [0.1, 0.15) is 5.75 Å². The average Bonchev–Trinajstić information content (AvgIpc) is 3.35. The summed E-state index contributed by atoms with van der Waals surface area (Å²) < 4.78 is 5.53. The van der Waals surface area contributed by atoms with Crippen molar-refractivity contribution in [2.75, 3.05) is 6.61 Å². The minimum absolute atomic E-state index is 0.0595. The van der Waals surface area contributed by atoms with E-state index in [1.54, 1.807) is 0 Å². The first-order valence-electron chi connectivity index (χ1n) is 6.93. The second-order valence-electron chi connectivity index (χ2n) is 5.08. The van der Waals surface area contributed by atoms with E-state index < -0.39 is 0 Å². The van der Waals surface area contributed by atoms with Crippen molar-refractivity contribution >= 4 is 22.6 Å². The van der Waals surface area contributed by atoms with Crippen LogP contribution in [0.2, 0.25) is 0 Å². The van der Waals surface area contributed by atoms with E-state index in [-0.39, 0.29) is 24.3 Å². The Morgan fingerprint density at radius 2 is 1.81 bits per heavy atom. The molecule has 1 fully saturated rings. The number of hydrogen-bond donors (Lipinski definition) is 2. The fourth-order valence-electron chi connectivity index (χ4n) is 2.08. The highest BCUT2D eigenvalue weighted by Crippen LogP contribution is 2.28. The highest BCUT2D eigenvalue weighted by atomic mass is 16.5. The molecule has 0 spiro atoms. The molecule has 0 bridgehead atoms. The SMILES string of the molecule is O=C(COc1cccc2ccccc12)NNC(=O)C1CC1. The zero-order chi connectivity index (χ0) is 14.7. The number of benzene rings is 2. The van der Waals surface area contributed by atoms with Crippen molar-refractivity contribution in [1.29, 1.82) is 0 Å². The monoisotopic (exact) mass is 284 g/mol. The predicted molar refractivity (Wildman–Crippen MR) is 78.5 cm³/mol. The van der Waals surface area contributed by atoms with Gasteiger partial charge in [0.05, 0.1) is 0 Å². The summed E-state index contributed by atoms with van der Waals surface area (Å²) in [4.78, 5) is 23.0. The van der Waals surface area contributed by atoms with Gasteiger partial charge < -0.3 is 4.74 Å². The van der Waals surface area contributed by atoms with Crippen molar-refractivity contribution < 1.29 is 14.3 Å². The van der Waals surface area contributed by atoms with Gasteiger partial charge in [-0.2, -0.15) is 0 Å². The molecule has 2 aromatic rings. The number of rotatable bonds is 4. The third kappa shape index (κ3) is 3.31. The molecule has 3 rings (SSSR count). The topological polar surface area (TPSA) is 67.4 Å². The molecule has 5 heteroatoms. The van der Waals surface area contributed by atoms with Crippen LogP contribution in [0, 0.1) is 5.92 Å². The number of hydrogen-bond acceptors (Lipinski definition) is 3. The normalized spacial score (nSPS) is 13.7. The molecule has 5 nitrogen and oxygen atoms in total. The van der Waals surface area contributed by atoms with Crippen molar-refractivity contribution in [3.63, 3.8) is 0 Å². The van der Waals surface area contributed by atoms with Crippen LogP contribution >= 0.6 is 0 Å². The Hall–Kier alpha value is -2.56. The Kier molecular flexibility index (Phi) is 3.73. The Balaban J connectivity index is 1.56. The lowest BCUT2D eigenvalue weighted by atomic mass is 10.1. The maximum absolute atomic E-state index is 11.6. The lowest BCUT2D eigenvalue weighted by molar-refractivity contribution is -0.130. The van der Waals surface area contributed by atoms with Crippen LogP contribution < -0.4 is 15.6 Å². The summed E-state index contributed by atoms with van der Waals surface area (Å²) in [6.45, 7) is -0.140. The van der Waals surface area contributed by atoms with E-state index in [9.17, 15) is 9.59 Å². The van der Waals surface area contributed by atoms with Crippen molar-refractivity contribution in [3.8, 4) is 5.75 Å². The Morgan fingerprint density at radius 3 is 2.62 bits per heavy atom. The molecule has 0 aliphatic heterocycles.